The Labute approximate surface area is 229 Å². The standard InChI is InChI=1S/2C10H24NOSi.2C3H9Si.Zr/c2*1-9(2,3)12-13(6,7)8-10(4,5)11;2*1-4(2)3;/h2*11H,8H2,1-7H3;2*1-3H3;/q2*-1;;;+2. The second-order valence-electron chi connectivity index (χ2n) is 17.6. The van der Waals surface area contributed by atoms with E-state index in [0.717, 1.165) is 12.1 Å². The summed E-state index contributed by atoms with van der Waals surface area (Å²) in [7, 11) is -3.71. The molecule has 0 unspecified atom stereocenters. The number of rotatable bonds is 12. The molecule has 0 amide bonds. The van der Waals surface area contributed by atoms with Gasteiger partial charge in [0.2, 0.25) is 0 Å². The van der Waals surface area contributed by atoms with E-state index in [0.29, 0.717) is 0 Å². The van der Waals surface area contributed by atoms with Crippen molar-refractivity contribution < 1.29 is 28.0 Å². The van der Waals surface area contributed by atoms with E-state index in [4.69, 9.17) is 8.85 Å². The van der Waals surface area contributed by atoms with Crippen molar-refractivity contribution in [3.05, 3.63) is 0 Å². The molecular weight excluding hydrogens is 576 g/mol. The molecule has 0 heterocycles. The topological polar surface area (TPSA) is 42.5 Å². The maximum atomic E-state index is 6.67. The van der Waals surface area contributed by atoms with Crippen molar-refractivity contribution in [1.82, 2.24) is 6.52 Å². The molecule has 0 bridgehead atoms. The molecule has 0 aromatic rings. The number of hydrogen-bond donors (Lipinski definition) is 2. The van der Waals surface area contributed by atoms with Gasteiger partial charge in [-0.15, -0.1) is 0 Å². The zero-order valence-corrected chi connectivity index (χ0v) is 34.2. The van der Waals surface area contributed by atoms with Gasteiger partial charge in [0.15, 0.2) is 0 Å². The summed E-state index contributed by atoms with van der Waals surface area (Å²) in [4.78, 5) is 0. The molecule has 9 heteroatoms. The molecule has 0 spiro atoms. The van der Waals surface area contributed by atoms with E-state index in [1.165, 1.54) is 0 Å². The van der Waals surface area contributed by atoms with Crippen LogP contribution in [0.5, 0.6) is 0 Å². The van der Waals surface area contributed by atoms with Gasteiger partial charge in [0.1, 0.15) is 0 Å². The summed E-state index contributed by atoms with van der Waals surface area (Å²) in [6.45, 7) is 48.4. The van der Waals surface area contributed by atoms with Crippen LogP contribution >= 0.6 is 0 Å². The van der Waals surface area contributed by atoms with Gasteiger partial charge in [0, 0.05) is 0 Å². The average molecular weight is 642 g/mol. The predicted octanol–water partition coefficient (Wildman–Crippen LogP) is 8.42. The van der Waals surface area contributed by atoms with Gasteiger partial charge in [0.25, 0.3) is 0 Å². The van der Waals surface area contributed by atoms with Gasteiger partial charge in [-0.3, -0.25) is 0 Å². The summed E-state index contributed by atoms with van der Waals surface area (Å²) in [6, 6.07) is 2.25. The van der Waals surface area contributed by atoms with E-state index >= 15 is 0 Å². The fourth-order valence-corrected chi connectivity index (χ4v) is 101. The van der Waals surface area contributed by atoms with E-state index in [1.807, 2.05) is 0 Å². The van der Waals surface area contributed by atoms with Crippen molar-refractivity contribution >= 4 is 27.0 Å². The molecule has 0 aliphatic rings. The van der Waals surface area contributed by atoms with Gasteiger partial charge in [-0.2, -0.15) is 0 Å². The van der Waals surface area contributed by atoms with Gasteiger partial charge in [0.05, 0.1) is 0 Å². The van der Waals surface area contributed by atoms with E-state index < -0.39 is 46.2 Å². The molecule has 0 rings (SSSR count). The Morgan fingerprint density at radius 3 is 0.886 bits per heavy atom. The molecule has 0 aliphatic carbocycles. The van der Waals surface area contributed by atoms with E-state index in [9.17, 15) is 0 Å². The van der Waals surface area contributed by atoms with Gasteiger partial charge in [-0.25, -0.2) is 0 Å². The Balaban J connectivity index is 6.39. The van der Waals surface area contributed by atoms with Crippen LogP contribution in [0.15, 0.2) is 0 Å². The minimum absolute atomic E-state index is 0.0511. The molecule has 0 saturated heterocycles. The molecule has 0 aromatic heterocycles. The van der Waals surface area contributed by atoms with Crippen LogP contribution in [0.2, 0.25) is 77.6 Å². The van der Waals surface area contributed by atoms with Gasteiger partial charge >= 0.3 is 231 Å². The predicted molar refractivity (Wildman–Crippen MR) is 167 cm³/mol. The summed E-state index contributed by atoms with van der Waals surface area (Å²) in [5.74, 6) is 0. The van der Waals surface area contributed by atoms with Crippen molar-refractivity contribution in [2.24, 2.45) is 0 Å². The third-order valence-electron chi connectivity index (χ3n) is 6.20. The zero-order chi connectivity index (χ0) is 28.7. The quantitative estimate of drug-likeness (QED) is 0.210. The fraction of sp³-hybridized carbons (Fsp3) is 1.00. The Kier molecular flexibility index (Phi) is 11.7. The monoisotopic (exact) mass is 640 g/mol. The summed E-state index contributed by atoms with van der Waals surface area (Å²) in [5.41, 5.74) is -0.0778. The van der Waals surface area contributed by atoms with Crippen LogP contribution in [-0.4, -0.2) is 49.3 Å². The first-order valence-electron chi connectivity index (χ1n) is 13.7. The maximum absolute atomic E-state index is 6.67. The first-order valence-corrected chi connectivity index (χ1v) is 36.8. The van der Waals surface area contributed by atoms with Gasteiger partial charge in [-0.05, 0) is 0 Å². The van der Waals surface area contributed by atoms with E-state index in [2.05, 4.69) is 141 Å². The molecule has 0 fully saturated rings. The zero-order valence-electron chi connectivity index (χ0n) is 27.7. The SMILES string of the molecule is CC(C)(C[Si](C)(C)OC(C)(C)C)[NH][Zr]([NH]C(C)(C)C[Si](C)(C)OC(C)(C)C)([Si](C)(C)C)[Si](C)(C)C. The van der Waals surface area contributed by atoms with Crippen LogP contribution in [-0.2, 0) is 28.0 Å². The van der Waals surface area contributed by atoms with Gasteiger partial charge < -0.3 is 0 Å². The molecule has 35 heavy (non-hydrogen) atoms. The van der Waals surface area contributed by atoms with Crippen LogP contribution in [0.1, 0.15) is 69.2 Å². The molecule has 0 atom stereocenters. The molecule has 212 valence electrons. The average Bonchev–Trinajstić information content (AvgIpc) is 2.33. The normalized spacial score (nSPS) is 16.1. The second-order valence-corrected chi connectivity index (χ2v) is 73.6. The van der Waals surface area contributed by atoms with Crippen molar-refractivity contribution in [1.29, 1.82) is 0 Å². The van der Waals surface area contributed by atoms with Crippen molar-refractivity contribution in [3.8, 4) is 0 Å². The second kappa shape index (κ2) is 11.2. The first kappa shape index (κ1) is 36.6. The molecule has 0 aliphatic heterocycles. The molecule has 0 aromatic carbocycles. The summed E-state index contributed by atoms with van der Waals surface area (Å²) >= 11 is -3.11. The molecule has 4 nitrogen and oxygen atoms in total. The van der Waals surface area contributed by atoms with Crippen molar-refractivity contribution in [3.63, 3.8) is 0 Å². The number of nitrogens with one attached hydrogen (secondary N) is 2. The Hall–Kier alpha value is 1.59. The van der Waals surface area contributed by atoms with Crippen LogP contribution in [0.3, 0.4) is 0 Å². The van der Waals surface area contributed by atoms with Crippen LogP contribution < -0.4 is 6.52 Å². The van der Waals surface area contributed by atoms with Crippen LogP contribution in [0, 0.1) is 0 Å². The molecule has 2 N–H and O–H groups in total. The Morgan fingerprint density at radius 2 is 0.714 bits per heavy atom. The van der Waals surface area contributed by atoms with E-state index in [1.54, 1.807) is 0 Å². The molecule has 0 saturated carbocycles. The van der Waals surface area contributed by atoms with Crippen molar-refractivity contribution in [2.75, 3.05) is 0 Å². The van der Waals surface area contributed by atoms with Crippen molar-refractivity contribution in [2.45, 2.75) is 169 Å². The Morgan fingerprint density at radius 1 is 0.486 bits per heavy atom. The third-order valence-corrected chi connectivity index (χ3v) is 84.4. The number of hydrogen-bond acceptors (Lipinski definition) is 4. The van der Waals surface area contributed by atoms with E-state index in [-0.39, 0.29) is 22.3 Å². The Bertz CT molecular complexity index is 638. The summed E-state index contributed by atoms with van der Waals surface area (Å²) < 4.78 is 22.5. The summed E-state index contributed by atoms with van der Waals surface area (Å²) in [5, 5.41) is -3.08. The molecular formula is C26H66N2O2Si4Zr. The first-order chi connectivity index (χ1) is 14.7. The molecule has 0 radical (unpaired) electrons. The fourth-order valence-electron chi connectivity index (χ4n) is 6.87. The summed E-state index contributed by atoms with van der Waals surface area (Å²) in [6.07, 6.45) is 0. The minimum atomic E-state index is -3.11. The third kappa shape index (κ3) is 13.0. The van der Waals surface area contributed by atoms with Crippen LogP contribution in [0.4, 0.5) is 0 Å². The van der Waals surface area contributed by atoms with Gasteiger partial charge in [-0.1, -0.05) is 0 Å². The van der Waals surface area contributed by atoms with Crippen LogP contribution in [0.25, 0.3) is 0 Å².